The monoisotopic (exact) mass is 206 g/mol. The van der Waals surface area contributed by atoms with Crippen LogP contribution in [0.1, 0.15) is 11.1 Å². The molecule has 0 atom stereocenters. The third-order valence-electron chi connectivity index (χ3n) is 1.99. The second-order valence-corrected chi connectivity index (χ2v) is 3.72. The van der Waals surface area contributed by atoms with Crippen LogP contribution in [-0.4, -0.2) is 11.4 Å². The average molecular weight is 206 g/mol. The predicted octanol–water partition coefficient (Wildman–Crippen LogP) is 3.59. The molecule has 0 unspecified atom stereocenters. The first-order valence-corrected chi connectivity index (χ1v) is 5.63. The molecule has 0 aromatic heterocycles. The zero-order valence-electron chi connectivity index (χ0n) is 8.45. The lowest BCUT2D eigenvalue weighted by atomic mass is 10.0. The summed E-state index contributed by atoms with van der Waals surface area (Å²) in [7, 11) is 0. The van der Waals surface area contributed by atoms with E-state index >= 15 is 0 Å². The molecule has 1 nitrogen and oxygen atoms in total. The van der Waals surface area contributed by atoms with E-state index in [1.807, 2.05) is 36.8 Å². The highest BCUT2D eigenvalue weighted by Gasteiger charge is 2.00. The number of phenolic OH excluding ortho intramolecular Hbond substituents is 1. The van der Waals surface area contributed by atoms with Crippen molar-refractivity contribution in [2.24, 2.45) is 0 Å². The van der Waals surface area contributed by atoms with Crippen molar-refractivity contribution in [3.05, 3.63) is 47.4 Å². The van der Waals surface area contributed by atoms with Gasteiger partial charge in [0.1, 0.15) is 5.75 Å². The number of allylic oxidation sites excluding steroid dienone is 2. The van der Waals surface area contributed by atoms with Crippen LogP contribution in [-0.2, 0) is 0 Å². The van der Waals surface area contributed by atoms with Gasteiger partial charge in [-0.05, 0) is 47.4 Å². The molecule has 0 saturated heterocycles. The van der Waals surface area contributed by atoms with E-state index in [0.29, 0.717) is 5.75 Å². The zero-order chi connectivity index (χ0) is 10.6. The lowest BCUT2D eigenvalue weighted by Gasteiger charge is -2.04. The second kappa shape index (κ2) is 4.91. The minimum Gasteiger partial charge on any atom is -0.508 e. The summed E-state index contributed by atoms with van der Waals surface area (Å²) in [4.78, 5) is 0. The molecule has 0 aliphatic carbocycles. The van der Waals surface area contributed by atoms with Crippen LogP contribution in [0.5, 0.6) is 5.75 Å². The smallest absolute Gasteiger partial charge is 0.118 e. The lowest BCUT2D eigenvalue weighted by Crippen LogP contribution is -1.82. The van der Waals surface area contributed by atoms with Crippen molar-refractivity contribution in [1.29, 1.82) is 0 Å². The van der Waals surface area contributed by atoms with E-state index in [-0.39, 0.29) is 0 Å². The minimum atomic E-state index is 0.335. The highest BCUT2D eigenvalue weighted by atomic mass is 32.2. The number of thioether (sulfide) groups is 1. The van der Waals surface area contributed by atoms with E-state index in [1.54, 1.807) is 17.8 Å². The van der Waals surface area contributed by atoms with Crippen molar-refractivity contribution < 1.29 is 5.11 Å². The molecule has 0 aliphatic rings. The van der Waals surface area contributed by atoms with Crippen molar-refractivity contribution >= 4 is 17.3 Å². The molecule has 0 spiro atoms. The molecule has 1 aromatic carbocycles. The topological polar surface area (TPSA) is 20.2 Å². The SMILES string of the molecule is C=C/C(=C\SC)c1ccc(O)c(C)c1. The first-order valence-electron chi connectivity index (χ1n) is 4.34. The maximum absolute atomic E-state index is 9.38. The van der Waals surface area contributed by atoms with Crippen LogP contribution in [0.4, 0.5) is 0 Å². The molecule has 14 heavy (non-hydrogen) atoms. The van der Waals surface area contributed by atoms with Gasteiger partial charge < -0.3 is 5.11 Å². The summed E-state index contributed by atoms with van der Waals surface area (Å²) in [5.74, 6) is 0.335. The van der Waals surface area contributed by atoms with Crippen LogP contribution in [0, 0.1) is 6.92 Å². The largest absolute Gasteiger partial charge is 0.508 e. The first kappa shape index (κ1) is 10.9. The Kier molecular flexibility index (Phi) is 3.84. The minimum absolute atomic E-state index is 0.335. The molecule has 1 N–H and O–H groups in total. The summed E-state index contributed by atoms with van der Waals surface area (Å²) < 4.78 is 0. The quantitative estimate of drug-likeness (QED) is 0.763. The summed E-state index contributed by atoms with van der Waals surface area (Å²) in [5, 5.41) is 11.4. The summed E-state index contributed by atoms with van der Waals surface area (Å²) in [5.41, 5.74) is 3.06. The molecule has 74 valence electrons. The first-order chi connectivity index (χ1) is 6.69. The van der Waals surface area contributed by atoms with Crippen molar-refractivity contribution in [2.45, 2.75) is 6.92 Å². The molecule has 0 aliphatic heterocycles. The van der Waals surface area contributed by atoms with Crippen LogP contribution in [0.15, 0.2) is 36.3 Å². The molecular formula is C12H14OS. The zero-order valence-corrected chi connectivity index (χ0v) is 9.27. The number of aromatic hydroxyl groups is 1. The Morgan fingerprint density at radius 2 is 2.21 bits per heavy atom. The van der Waals surface area contributed by atoms with Gasteiger partial charge >= 0.3 is 0 Å². The summed E-state index contributed by atoms with van der Waals surface area (Å²) in [6, 6.07) is 5.56. The van der Waals surface area contributed by atoms with Gasteiger partial charge in [-0.3, -0.25) is 0 Å². The maximum atomic E-state index is 9.38. The average Bonchev–Trinajstić information content (AvgIpc) is 2.19. The van der Waals surface area contributed by atoms with Gasteiger partial charge in [0, 0.05) is 0 Å². The fraction of sp³-hybridized carbons (Fsp3) is 0.167. The highest BCUT2D eigenvalue weighted by molar-refractivity contribution is 8.01. The number of hydrogen-bond acceptors (Lipinski definition) is 2. The number of phenols is 1. The van der Waals surface area contributed by atoms with E-state index in [4.69, 9.17) is 0 Å². The Labute approximate surface area is 89.2 Å². The Morgan fingerprint density at radius 3 is 2.71 bits per heavy atom. The van der Waals surface area contributed by atoms with Crippen LogP contribution < -0.4 is 0 Å². The molecule has 1 rings (SSSR count). The maximum Gasteiger partial charge on any atom is 0.118 e. The summed E-state index contributed by atoms with van der Waals surface area (Å²) >= 11 is 1.64. The van der Waals surface area contributed by atoms with Gasteiger partial charge in [-0.15, -0.1) is 11.8 Å². The standard InChI is InChI=1S/C12H14OS/c1-4-10(8-14-3)11-5-6-12(13)9(2)7-11/h4-8,13H,1H2,2-3H3/b10-8+. The van der Waals surface area contributed by atoms with E-state index in [1.165, 1.54) is 0 Å². The fourth-order valence-electron chi connectivity index (χ4n) is 1.20. The molecule has 0 bridgehead atoms. The molecule has 1 aromatic rings. The fourth-order valence-corrected chi connectivity index (χ4v) is 1.68. The van der Waals surface area contributed by atoms with Crippen molar-refractivity contribution in [3.63, 3.8) is 0 Å². The van der Waals surface area contributed by atoms with Gasteiger partial charge in [-0.1, -0.05) is 18.7 Å². The Hall–Kier alpha value is -1.15. The number of aryl methyl sites for hydroxylation is 1. The normalized spacial score (nSPS) is 11.4. The third kappa shape index (κ3) is 2.42. The van der Waals surface area contributed by atoms with Gasteiger partial charge in [0.15, 0.2) is 0 Å². The second-order valence-electron chi connectivity index (χ2n) is 3.01. The molecule has 0 heterocycles. The summed E-state index contributed by atoms with van der Waals surface area (Å²) in [6.45, 7) is 5.65. The van der Waals surface area contributed by atoms with Crippen molar-refractivity contribution in [3.8, 4) is 5.75 Å². The molecule has 0 radical (unpaired) electrons. The molecule has 2 heteroatoms. The Bertz CT molecular complexity index is 367. The molecule has 0 fully saturated rings. The lowest BCUT2D eigenvalue weighted by molar-refractivity contribution is 0.471. The van der Waals surface area contributed by atoms with Gasteiger partial charge in [-0.2, -0.15) is 0 Å². The molecular weight excluding hydrogens is 192 g/mol. The van der Waals surface area contributed by atoms with Crippen LogP contribution in [0.25, 0.3) is 5.57 Å². The van der Waals surface area contributed by atoms with Crippen LogP contribution in [0.2, 0.25) is 0 Å². The van der Waals surface area contributed by atoms with Crippen molar-refractivity contribution in [2.75, 3.05) is 6.26 Å². The number of benzene rings is 1. The number of rotatable bonds is 3. The van der Waals surface area contributed by atoms with Gasteiger partial charge in [0.25, 0.3) is 0 Å². The van der Waals surface area contributed by atoms with Crippen LogP contribution >= 0.6 is 11.8 Å². The van der Waals surface area contributed by atoms with Crippen LogP contribution in [0.3, 0.4) is 0 Å². The Balaban J connectivity index is 3.12. The van der Waals surface area contributed by atoms with Gasteiger partial charge in [-0.25, -0.2) is 0 Å². The van der Waals surface area contributed by atoms with Gasteiger partial charge in [0.2, 0.25) is 0 Å². The van der Waals surface area contributed by atoms with E-state index in [0.717, 1.165) is 16.7 Å². The Morgan fingerprint density at radius 1 is 1.50 bits per heavy atom. The predicted molar refractivity (Wildman–Crippen MR) is 64.5 cm³/mol. The molecule has 0 saturated carbocycles. The van der Waals surface area contributed by atoms with Gasteiger partial charge in [0.05, 0.1) is 0 Å². The molecule has 0 amide bonds. The summed E-state index contributed by atoms with van der Waals surface area (Å²) in [6.07, 6.45) is 3.83. The van der Waals surface area contributed by atoms with Crippen molar-refractivity contribution in [1.82, 2.24) is 0 Å². The van der Waals surface area contributed by atoms with E-state index in [9.17, 15) is 5.11 Å². The van der Waals surface area contributed by atoms with E-state index < -0.39 is 0 Å². The van der Waals surface area contributed by atoms with E-state index in [2.05, 4.69) is 6.58 Å². The third-order valence-corrected chi connectivity index (χ3v) is 2.48. The highest BCUT2D eigenvalue weighted by Crippen LogP contribution is 2.24. The number of hydrogen-bond donors (Lipinski definition) is 1.